The van der Waals surface area contributed by atoms with Crippen molar-refractivity contribution in [2.45, 2.75) is 39.2 Å². The summed E-state index contributed by atoms with van der Waals surface area (Å²) in [6, 6.07) is 5.89. The Labute approximate surface area is 120 Å². The Morgan fingerprint density at radius 2 is 2.25 bits per heavy atom. The molecule has 1 aliphatic rings. The molecule has 1 aliphatic heterocycles. The molecule has 0 fully saturated rings. The van der Waals surface area contributed by atoms with E-state index in [4.69, 9.17) is 9.84 Å². The van der Waals surface area contributed by atoms with Gasteiger partial charge in [0.25, 0.3) is 0 Å². The minimum Gasteiger partial charge on any atom is -0.493 e. The Balaban J connectivity index is 1.77. The topological polar surface area (TPSA) is 58.6 Å². The summed E-state index contributed by atoms with van der Waals surface area (Å²) in [5, 5.41) is 12.2. The fraction of sp³-hybridized carbons (Fsp3) is 0.562. The fourth-order valence-corrected chi connectivity index (χ4v) is 2.55. The number of carboxylic acids is 1. The highest BCUT2D eigenvalue weighted by atomic mass is 16.5. The molecule has 0 amide bonds. The third-order valence-electron chi connectivity index (χ3n) is 3.69. The average molecular weight is 277 g/mol. The van der Waals surface area contributed by atoms with Crippen LogP contribution in [0.2, 0.25) is 0 Å². The molecule has 1 aromatic rings. The van der Waals surface area contributed by atoms with E-state index < -0.39 is 12.0 Å². The number of benzene rings is 1. The van der Waals surface area contributed by atoms with E-state index in [-0.39, 0.29) is 5.92 Å². The van der Waals surface area contributed by atoms with Crippen LogP contribution in [0.15, 0.2) is 18.2 Å². The second-order valence-electron chi connectivity index (χ2n) is 5.66. The van der Waals surface area contributed by atoms with E-state index in [9.17, 15) is 4.79 Å². The van der Waals surface area contributed by atoms with Crippen molar-refractivity contribution >= 4 is 5.97 Å². The van der Waals surface area contributed by atoms with Gasteiger partial charge in [-0.2, -0.15) is 0 Å². The summed E-state index contributed by atoms with van der Waals surface area (Å²) in [7, 11) is 0. The van der Waals surface area contributed by atoms with Gasteiger partial charge in [0, 0.05) is 6.42 Å². The van der Waals surface area contributed by atoms with E-state index in [1.54, 1.807) is 0 Å². The van der Waals surface area contributed by atoms with Crippen LogP contribution < -0.4 is 10.1 Å². The minimum absolute atomic E-state index is 0.102. The molecule has 2 N–H and O–H groups in total. The molecule has 0 unspecified atom stereocenters. The number of fused-ring (bicyclic) bond motifs is 1. The van der Waals surface area contributed by atoms with E-state index >= 15 is 0 Å². The highest BCUT2D eigenvalue weighted by molar-refractivity contribution is 5.73. The van der Waals surface area contributed by atoms with Gasteiger partial charge in [0.15, 0.2) is 0 Å². The predicted octanol–water partition coefficient (Wildman–Crippen LogP) is 2.25. The molecule has 0 aliphatic carbocycles. The van der Waals surface area contributed by atoms with Crippen LogP contribution in [0.3, 0.4) is 0 Å². The molecule has 0 saturated carbocycles. The Kier molecular flexibility index (Phi) is 5.01. The summed E-state index contributed by atoms with van der Waals surface area (Å²) < 4.78 is 5.49. The van der Waals surface area contributed by atoms with Gasteiger partial charge in [-0.15, -0.1) is 0 Å². The smallest absolute Gasteiger partial charge is 0.320 e. The highest BCUT2D eigenvalue weighted by Crippen LogP contribution is 2.26. The van der Waals surface area contributed by atoms with E-state index in [0.29, 0.717) is 0 Å². The van der Waals surface area contributed by atoms with Crippen LogP contribution in [0, 0.1) is 5.92 Å². The van der Waals surface area contributed by atoms with Crippen LogP contribution in [0.1, 0.15) is 31.4 Å². The number of aryl methyl sites for hydroxylation is 1. The number of aliphatic carboxylic acids is 1. The zero-order chi connectivity index (χ0) is 14.5. The van der Waals surface area contributed by atoms with Crippen LogP contribution in [0.5, 0.6) is 5.75 Å². The summed E-state index contributed by atoms with van der Waals surface area (Å²) in [6.45, 7) is 5.36. The second kappa shape index (κ2) is 6.75. The van der Waals surface area contributed by atoms with Crippen molar-refractivity contribution in [3.8, 4) is 5.75 Å². The number of ether oxygens (including phenoxy) is 1. The molecule has 0 aromatic heterocycles. The zero-order valence-electron chi connectivity index (χ0n) is 12.2. The van der Waals surface area contributed by atoms with Crippen molar-refractivity contribution in [3.05, 3.63) is 29.3 Å². The highest BCUT2D eigenvalue weighted by Gasteiger charge is 2.20. The molecular formula is C16H23NO3. The molecule has 0 spiro atoms. The van der Waals surface area contributed by atoms with Crippen molar-refractivity contribution in [2.75, 3.05) is 13.2 Å². The number of hydrogen-bond acceptors (Lipinski definition) is 3. The quantitative estimate of drug-likeness (QED) is 0.751. The maximum atomic E-state index is 11.1. The third kappa shape index (κ3) is 3.73. The number of hydrogen-bond donors (Lipinski definition) is 2. The minimum atomic E-state index is -0.769. The first-order valence-electron chi connectivity index (χ1n) is 7.28. The molecule has 4 nitrogen and oxygen atoms in total. The van der Waals surface area contributed by atoms with Gasteiger partial charge in [-0.05, 0) is 42.5 Å². The third-order valence-corrected chi connectivity index (χ3v) is 3.69. The first-order chi connectivity index (χ1) is 9.58. The van der Waals surface area contributed by atoms with Gasteiger partial charge in [0.1, 0.15) is 11.8 Å². The van der Waals surface area contributed by atoms with Gasteiger partial charge in [-0.1, -0.05) is 26.0 Å². The van der Waals surface area contributed by atoms with Crippen molar-refractivity contribution in [3.63, 3.8) is 0 Å². The van der Waals surface area contributed by atoms with E-state index in [1.807, 2.05) is 19.9 Å². The molecule has 110 valence electrons. The van der Waals surface area contributed by atoms with Crippen molar-refractivity contribution < 1.29 is 14.6 Å². The largest absolute Gasteiger partial charge is 0.493 e. The Morgan fingerprint density at radius 3 is 2.95 bits per heavy atom. The average Bonchev–Trinajstić information content (AvgIpc) is 2.84. The lowest BCUT2D eigenvalue weighted by Gasteiger charge is -2.17. The standard InChI is InChI=1S/C16H23NO3/c1-11(2)15(16(18)19)17-8-3-4-12-5-6-14-13(10-12)7-9-20-14/h5-6,10-11,15,17H,3-4,7-9H2,1-2H3,(H,18,19)/t15-/m0/s1. The van der Waals surface area contributed by atoms with Gasteiger partial charge in [-0.3, -0.25) is 4.79 Å². The predicted molar refractivity (Wildman–Crippen MR) is 78.2 cm³/mol. The van der Waals surface area contributed by atoms with Crippen molar-refractivity contribution in [2.24, 2.45) is 5.92 Å². The number of carboxylic acid groups (broad SMARTS) is 1. The van der Waals surface area contributed by atoms with E-state index in [2.05, 4.69) is 17.4 Å². The first kappa shape index (κ1) is 14.9. The fourth-order valence-electron chi connectivity index (χ4n) is 2.55. The number of carbonyl (C=O) groups is 1. The van der Waals surface area contributed by atoms with Crippen molar-refractivity contribution in [1.29, 1.82) is 0 Å². The maximum absolute atomic E-state index is 11.1. The van der Waals surface area contributed by atoms with Gasteiger partial charge in [0.2, 0.25) is 0 Å². The van der Waals surface area contributed by atoms with Gasteiger partial charge >= 0.3 is 5.97 Å². The molecule has 1 heterocycles. The monoisotopic (exact) mass is 277 g/mol. The normalized spacial score (nSPS) is 14.9. The van der Waals surface area contributed by atoms with Crippen molar-refractivity contribution in [1.82, 2.24) is 5.32 Å². The summed E-state index contributed by atoms with van der Waals surface area (Å²) in [5.41, 5.74) is 2.59. The first-order valence-corrected chi connectivity index (χ1v) is 7.28. The van der Waals surface area contributed by atoms with Crippen LogP contribution in [-0.2, 0) is 17.6 Å². The summed E-state index contributed by atoms with van der Waals surface area (Å²) >= 11 is 0. The Bertz CT molecular complexity index is 471. The SMILES string of the molecule is CC(C)[C@H](NCCCc1ccc2c(c1)CCO2)C(=O)O. The van der Waals surface area contributed by atoms with E-state index in [1.165, 1.54) is 11.1 Å². The Morgan fingerprint density at radius 1 is 1.45 bits per heavy atom. The van der Waals surface area contributed by atoms with Crippen LogP contribution >= 0.6 is 0 Å². The molecule has 0 radical (unpaired) electrons. The Hall–Kier alpha value is -1.55. The molecule has 4 heteroatoms. The molecule has 1 aromatic carbocycles. The van der Waals surface area contributed by atoms with Crippen LogP contribution in [0.25, 0.3) is 0 Å². The molecular weight excluding hydrogens is 254 g/mol. The van der Waals surface area contributed by atoms with Gasteiger partial charge in [0.05, 0.1) is 6.61 Å². The van der Waals surface area contributed by atoms with Crippen LogP contribution in [-0.4, -0.2) is 30.3 Å². The second-order valence-corrected chi connectivity index (χ2v) is 5.66. The maximum Gasteiger partial charge on any atom is 0.320 e. The molecule has 20 heavy (non-hydrogen) atoms. The lowest BCUT2D eigenvalue weighted by atomic mass is 10.0. The number of rotatable bonds is 7. The molecule has 0 bridgehead atoms. The summed E-state index contributed by atoms with van der Waals surface area (Å²) in [5.74, 6) is 0.344. The zero-order valence-corrected chi connectivity index (χ0v) is 12.2. The van der Waals surface area contributed by atoms with Crippen LogP contribution in [0.4, 0.5) is 0 Å². The van der Waals surface area contributed by atoms with Gasteiger partial charge < -0.3 is 15.2 Å². The lowest BCUT2D eigenvalue weighted by molar-refractivity contribution is -0.140. The summed E-state index contributed by atoms with van der Waals surface area (Å²) in [4.78, 5) is 11.1. The van der Waals surface area contributed by atoms with E-state index in [0.717, 1.165) is 38.2 Å². The lowest BCUT2D eigenvalue weighted by Crippen LogP contribution is -2.41. The summed E-state index contributed by atoms with van der Waals surface area (Å²) in [6.07, 6.45) is 2.90. The molecule has 2 rings (SSSR count). The number of nitrogens with one attached hydrogen (secondary N) is 1. The molecule has 0 saturated heterocycles. The van der Waals surface area contributed by atoms with Gasteiger partial charge in [-0.25, -0.2) is 0 Å². The molecule has 1 atom stereocenters.